The number of hydrogen-bond acceptors (Lipinski definition) is 3. The second kappa shape index (κ2) is 7.69. The summed E-state index contributed by atoms with van der Waals surface area (Å²) in [5, 5.41) is 0. The lowest BCUT2D eigenvalue weighted by Crippen LogP contribution is -1.94. The van der Waals surface area contributed by atoms with Crippen LogP contribution < -0.4 is 0 Å². The van der Waals surface area contributed by atoms with E-state index in [1.54, 1.807) is 0 Å². The highest BCUT2D eigenvalue weighted by Crippen LogP contribution is 2.45. The zero-order valence-corrected chi connectivity index (χ0v) is 9.34. The molecule has 4 heteroatoms. The minimum atomic E-state index is -3.48. The monoisotopic (exact) mass is 209 g/mol. The Hall–Kier alpha value is 0.310. The second-order valence-electron chi connectivity index (χ2n) is 3.54. The van der Waals surface area contributed by atoms with Crippen molar-refractivity contribution in [3.8, 4) is 0 Å². The highest BCUT2D eigenvalue weighted by Gasteiger charge is 2.27. The Morgan fingerprint density at radius 2 is 1.23 bits per heavy atom. The Morgan fingerprint density at radius 3 is 1.69 bits per heavy atom. The summed E-state index contributed by atoms with van der Waals surface area (Å²) in [5.74, 6) is 0. The molecule has 0 amide bonds. The predicted octanol–water partition coefficient (Wildman–Crippen LogP) is 2.48. The Bertz CT molecular complexity index is 112. The van der Waals surface area contributed by atoms with E-state index in [9.17, 15) is 0 Å². The standard InChI is InChI=1S/C9H22O3P/c1-2-3-4-5-6-7-8-9-13(10,11)12/h10-12H,2-9H2,1H3/q+1. The van der Waals surface area contributed by atoms with Crippen molar-refractivity contribution in [3.63, 3.8) is 0 Å². The first-order valence-corrected chi connectivity index (χ1v) is 6.96. The third kappa shape index (κ3) is 12.3. The predicted molar refractivity (Wildman–Crippen MR) is 56.4 cm³/mol. The molecule has 80 valence electrons. The van der Waals surface area contributed by atoms with Gasteiger partial charge in [-0.3, -0.25) is 0 Å². The average molecular weight is 209 g/mol. The highest BCUT2D eigenvalue weighted by molar-refractivity contribution is 7.58. The van der Waals surface area contributed by atoms with Crippen molar-refractivity contribution < 1.29 is 14.7 Å². The zero-order chi connectivity index (χ0) is 10.2. The average Bonchev–Trinajstić information content (AvgIpc) is 2.01. The summed E-state index contributed by atoms with van der Waals surface area (Å²) in [6, 6.07) is 0. The van der Waals surface area contributed by atoms with Gasteiger partial charge < -0.3 is 0 Å². The van der Waals surface area contributed by atoms with Crippen LogP contribution in [-0.2, 0) is 0 Å². The Labute approximate surface area is 81.4 Å². The van der Waals surface area contributed by atoms with Crippen LogP contribution in [0.4, 0.5) is 0 Å². The molecule has 0 bridgehead atoms. The Kier molecular flexibility index (Phi) is 7.87. The lowest BCUT2D eigenvalue weighted by molar-refractivity contribution is 0.328. The van der Waals surface area contributed by atoms with Crippen molar-refractivity contribution in [1.82, 2.24) is 0 Å². The molecule has 3 N–H and O–H groups in total. The van der Waals surface area contributed by atoms with Gasteiger partial charge in [-0.05, 0) is 12.8 Å². The van der Waals surface area contributed by atoms with Crippen LogP contribution in [0.15, 0.2) is 0 Å². The molecule has 0 aliphatic rings. The fraction of sp³-hybridized carbons (Fsp3) is 1.00. The molecule has 0 atom stereocenters. The molecule has 0 fully saturated rings. The number of hydrogen-bond donors (Lipinski definition) is 3. The van der Waals surface area contributed by atoms with Crippen LogP contribution >= 0.6 is 7.94 Å². The molecule has 0 aromatic heterocycles. The van der Waals surface area contributed by atoms with Gasteiger partial charge in [-0.2, -0.15) is 14.7 Å². The summed E-state index contributed by atoms with van der Waals surface area (Å²) in [4.78, 5) is 26.0. The minimum absolute atomic E-state index is 0.167. The van der Waals surface area contributed by atoms with Gasteiger partial charge in [-0.15, -0.1) is 0 Å². The van der Waals surface area contributed by atoms with Gasteiger partial charge in [0.1, 0.15) is 6.16 Å². The number of unbranched alkanes of at least 4 members (excludes halogenated alkanes) is 6. The molecule has 0 spiro atoms. The molecule has 0 saturated heterocycles. The van der Waals surface area contributed by atoms with Crippen molar-refractivity contribution in [1.29, 1.82) is 0 Å². The smallest absolute Gasteiger partial charge is 0.193 e. The normalized spacial score (nSPS) is 12.0. The SMILES string of the molecule is CCCCCCCCC[P+](O)(O)O. The van der Waals surface area contributed by atoms with Crippen LogP contribution in [-0.4, -0.2) is 20.8 Å². The maximum Gasteiger partial charge on any atom is 0.403 e. The third-order valence-electron chi connectivity index (χ3n) is 2.06. The molecule has 0 aliphatic carbocycles. The third-order valence-corrected chi connectivity index (χ3v) is 2.98. The summed E-state index contributed by atoms with van der Waals surface area (Å²) in [7, 11) is -3.48. The second-order valence-corrected chi connectivity index (χ2v) is 5.37. The van der Waals surface area contributed by atoms with Gasteiger partial charge in [0.25, 0.3) is 0 Å². The molecule has 3 nitrogen and oxygen atoms in total. The van der Waals surface area contributed by atoms with Gasteiger partial charge in [-0.25, -0.2) is 0 Å². The first kappa shape index (κ1) is 13.3. The van der Waals surface area contributed by atoms with Crippen LogP contribution in [0.25, 0.3) is 0 Å². The highest BCUT2D eigenvalue weighted by atomic mass is 31.2. The van der Waals surface area contributed by atoms with Gasteiger partial charge in [0.05, 0.1) is 0 Å². The van der Waals surface area contributed by atoms with E-state index in [4.69, 9.17) is 14.7 Å². The van der Waals surface area contributed by atoms with Gasteiger partial charge in [0.2, 0.25) is 0 Å². The largest absolute Gasteiger partial charge is 0.403 e. The number of rotatable bonds is 8. The summed E-state index contributed by atoms with van der Waals surface area (Å²) in [6.07, 6.45) is 8.06. The maximum atomic E-state index is 8.68. The summed E-state index contributed by atoms with van der Waals surface area (Å²) < 4.78 is 0. The fourth-order valence-electron chi connectivity index (χ4n) is 1.28. The molecule has 0 saturated carbocycles. The van der Waals surface area contributed by atoms with Crippen molar-refractivity contribution in [2.75, 3.05) is 6.16 Å². The first-order chi connectivity index (χ1) is 6.06. The van der Waals surface area contributed by atoms with Crippen molar-refractivity contribution >= 4 is 7.94 Å². The van der Waals surface area contributed by atoms with Gasteiger partial charge in [-0.1, -0.05) is 39.0 Å². The lowest BCUT2D eigenvalue weighted by Gasteiger charge is -2.03. The quantitative estimate of drug-likeness (QED) is 0.425. The summed E-state index contributed by atoms with van der Waals surface area (Å²) in [5.41, 5.74) is 0. The van der Waals surface area contributed by atoms with E-state index < -0.39 is 7.94 Å². The fourth-order valence-corrected chi connectivity index (χ4v) is 1.93. The van der Waals surface area contributed by atoms with E-state index in [1.165, 1.54) is 25.7 Å². The van der Waals surface area contributed by atoms with E-state index >= 15 is 0 Å². The molecule has 0 aromatic rings. The van der Waals surface area contributed by atoms with Gasteiger partial charge >= 0.3 is 7.94 Å². The van der Waals surface area contributed by atoms with Gasteiger partial charge in [0.15, 0.2) is 0 Å². The topological polar surface area (TPSA) is 60.7 Å². The molecule has 0 unspecified atom stereocenters. The van der Waals surface area contributed by atoms with Crippen LogP contribution in [0, 0.1) is 0 Å². The minimum Gasteiger partial charge on any atom is -0.193 e. The van der Waals surface area contributed by atoms with Crippen LogP contribution in [0.5, 0.6) is 0 Å². The lowest BCUT2D eigenvalue weighted by atomic mass is 10.1. The molecule has 0 aromatic carbocycles. The van der Waals surface area contributed by atoms with E-state index in [-0.39, 0.29) is 6.16 Å². The van der Waals surface area contributed by atoms with E-state index in [2.05, 4.69) is 6.92 Å². The molecule has 0 radical (unpaired) electrons. The zero-order valence-electron chi connectivity index (χ0n) is 8.45. The molecule has 13 heavy (non-hydrogen) atoms. The molecular weight excluding hydrogens is 187 g/mol. The van der Waals surface area contributed by atoms with Crippen molar-refractivity contribution in [2.24, 2.45) is 0 Å². The Balaban J connectivity index is 3.00. The van der Waals surface area contributed by atoms with Crippen LogP contribution in [0.3, 0.4) is 0 Å². The summed E-state index contributed by atoms with van der Waals surface area (Å²) >= 11 is 0. The van der Waals surface area contributed by atoms with Crippen molar-refractivity contribution in [3.05, 3.63) is 0 Å². The van der Waals surface area contributed by atoms with Gasteiger partial charge in [0, 0.05) is 0 Å². The van der Waals surface area contributed by atoms with Crippen LogP contribution in [0.1, 0.15) is 51.9 Å². The molecule has 0 heterocycles. The van der Waals surface area contributed by atoms with Crippen molar-refractivity contribution in [2.45, 2.75) is 51.9 Å². The van der Waals surface area contributed by atoms with E-state index in [0.29, 0.717) is 0 Å². The molecule has 0 rings (SSSR count). The first-order valence-electron chi connectivity index (χ1n) is 5.12. The van der Waals surface area contributed by atoms with E-state index in [0.717, 1.165) is 19.3 Å². The van der Waals surface area contributed by atoms with Crippen LogP contribution in [0.2, 0.25) is 0 Å². The summed E-state index contributed by atoms with van der Waals surface area (Å²) in [6.45, 7) is 2.18. The Morgan fingerprint density at radius 1 is 0.769 bits per heavy atom. The van der Waals surface area contributed by atoms with E-state index in [1.807, 2.05) is 0 Å². The molecular formula is C9H22O3P+. The maximum absolute atomic E-state index is 8.68. The molecule has 0 aliphatic heterocycles.